The summed E-state index contributed by atoms with van der Waals surface area (Å²) in [5, 5.41) is 5.47. The van der Waals surface area contributed by atoms with Gasteiger partial charge in [0, 0.05) is 24.1 Å². The molecule has 1 aromatic heterocycles. The van der Waals surface area contributed by atoms with Gasteiger partial charge in [0.2, 0.25) is 0 Å². The third-order valence-electron chi connectivity index (χ3n) is 4.41. The Kier molecular flexibility index (Phi) is 3.06. The smallest absolute Gasteiger partial charge is 0.172 e. The Morgan fingerprint density at radius 1 is 1.24 bits per heavy atom. The lowest BCUT2D eigenvalue weighted by Crippen LogP contribution is -2.36. The summed E-state index contributed by atoms with van der Waals surface area (Å²) in [7, 11) is 0. The summed E-state index contributed by atoms with van der Waals surface area (Å²) < 4.78 is 13.6. The first-order valence-corrected chi connectivity index (χ1v) is 7.66. The molecule has 5 heteroatoms. The van der Waals surface area contributed by atoms with Crippen molar-refractivity contribution in [2.45, 2.75) is 32.0 Å². The van der Waals surface area contributed by atoms with Crippen molar-refractivity contribution in [3.8, 4) is 5.69 Å². The zero-order valence-electron chi connectivity index (χ0n) is 11.9. The van der Waals surface area contributed by atoms with E-state index in [4.69, 9.17) is 26.2 Å². The Bertz CT molecular complexity index is 690. The molecular weight excluding hydrogens is 288 g/mol. The molecule has 1 aromatic carbocycles. The molecule has 0 atom stereocenters. The van der Waals surface area contributed by atoms with E-state index in [1.165, 1.54) is 5.56 Å². The topological polar surface area (TPSA) is 36.3 Å². The van der Waals surface area contributed by atoms with Crippen LogP contribution in [0.2, 0.25) is 5.02 Å². The molecule has 1 saturated heterocycles. The lowest BCUT2D eigenvalue weighted by molar-refractivity contribution is -0.164. The van der Waals surface area contributed by atoms with Crippen LogP contribution in [0.25, 0.3) is 5.69 Å². The van der Waals surface area contributed by atoms with E-state index in [1.54, 1.807) is 0 Å². The van der Waals surface area contributed by atoms with Crippen molar-refractivity contribution in [1.29, 1.82) is 0 Å². The van der Waals surface area contributed by atoms with Crippen molar-refractivity contribution in [1.82, 2.24) is 9.78 Å². The first-order chi connectivity index (χ1) is 10.2. The predicted octanol–water partition coefficient (Wildman–Crippen LogP) is 3.07. The predicted molar refractivity (Wildman–Crippen MR) is 80.0 cm³/mol. The molecule has 2 heterocycles. The first kappa shape index (κ1) is 13.3. The Labute approximate surface area is 128 Å². The summed E-state index contributed by atoms with van der Waals surface area (Å²) >= 11 is 6.30. The fourth-order valence-electron chi connectivity index (χ4n) is 3.29. The van der Waals surface area contributed by atoms with Crippen LogP contribution in [-0.2, 0) is 22.3 Å². The van der Waals surface area contributed by atoms with E-state index in [9.17, 15) is 0 Å². The van der Waals surface area contributed by atoms with Crippen molar-refractivity contribution >= 4 is 11.6 Å². The molecule has 0 N–H and O–H groups in total. The number of aromatic nitrogens is 2. The molecule has 1 aliphatic carbocycles. The van der Waals surface area contributed by atoms with Gasteiger partial charge in [-0.2, -0.15) is 5.10 Å². The maximum atomic E-state index is 6.30. The van der Waals surface area contributed by atoms with Crippen LogP contribution in [0.15, 0.2) is 24.3 Å². The van der Waals surface area contributed by atoms with Crippen molar-refractivity contribution in [3.05, 3.63) is 46.2 Å². The Hall–Kier alpha value is -1.36. The lowest BCUT2D eigenvalue weighted by Gasteiger charge is -2.30. The van der Waals surface area contributed by atoms with Gasteiger partial charge in [-0.25, -0.2) is 4.68 Å². The SMILES string of the molecule is Cc1c2c(nn1-c1ccccc1Cl)CCC1(C2)OCCO1. The minimum atomic E-state index is -0.424. The summed E-state index contributed by atoms with van der Waals surface area (Å²) in [5.41, 5.74) is 4.42. The number of hydrogen-bond donors (Lipinski definition) is 0. The number of ether oxygens (including phenoxy) is 2. The second-order valence-electron chi connectivity index (χ2n) is 5.66. The van der Waals surface area contributed by atoms with Gasteiger partial charge in [0.05, 0.1) is 29.6 Å². The molecule has 21 heavy (non-hydrogen) atoms. The number of aryl methyl sites for hydroxylation is 1. The highest BCUT2D eigenvalue weighted by Gasteiger charge is 2.41. The monoisotopic (exact) mass is 304 g/mol. The number of benzene rings is 1. The van der Waals surface area contributed by atoms with Gasteiger partial charge in [-0.3, -0.25) is 0 Å². The quantitative estimate of drug-likeness (QED) is 0.812. The molecule has 1 aliphatic heterocycles. The third-order valence-corrected chi connectivity index (χ3v) is 4.73. The fourth-order valence-corrected chi connectivity index (χ4v) is 3.51. The maximum absolute atomic E-state index is 6.30. The van der Waals surface area contributed by atoms with Gasteiger partial charge in [0.15, 0.2) is 5.79 Å². The highest BCUT2D eigenvalue weighted by Crippen LogP contribution is 2.37. The van der Waals surface area contributed by atoms with Crippen LogP contribution in [0, 0.1) is 6.92 Å². The minimum absolute atomic E-state index is 0.424. The normalized spacial score (nSPS) is 19.9. The number of nitrogens with zero attached hydrogens (tertiary/aromatic N) is 2. The van der Waals surface area contributed by atoms with Crippen LogP contribution in [0.5, 0.6) is 0 Å². The number of hydrogen-bond acceptors (Lipinski definition) is 3. The molecule has 110 valence electrons. The average Bonchev–Trinajstić information content (AvgIpc) is 3.06. The van der Waals surface area contributed by atoms with Crippen LogP contribution in [0.1, 0.15) is 23.4 Å². The number of fused-ring (bicyclic) bond motifs is 1. The highest BCUT2D eigenvalue weighted by molar-refractivity contribution is 6.32. The number of halogens is 1. The molecule has 0 unspecified atom stereocenters. The molecule has 1 fully saturated rings. The zero-order chi connectivity index (χ0) is 14.4. The van der Waals surface area contributed by atoms with Crippen LogP contribution < -0.4 is 0 Å². The second kappa shape index (κ2) is 4.83. The number of para-hydroxylation sites is 1. The van der Waals surface area contributed by atoms with Gasteiger partial charge in [-0.15, -0.1) is 0 Å². The van der Waals surface area contributed by atoms with Crippen molar-refractivity contribution in [2.24, 2.45) is 0 Å². The van der Waals surface area contributed by atoms with Gasteiger partial charge in [0.25, 0.3) is 0 Å². The van der Waals surface area contributed by atoms with Crippen LogP contribution in [0.4, 0.5) is 0 Å². The standard InChI is InChI=1S/C16H17ClN2O2/c1-11-12-10-16(20-8-9-21-16)7-6-14(12)18-19(11)15-5-3-2-4-13(15)17/h2-5H,6-10H2,1H3. The Morgan fingerprint density at radius 2 is 2.00 bits per heavy atom. The molecule has 2 aliphatic rings. The minimum Gasteiger partial charge on any atom is -0.347 e. The second-order valence-corrected chi connectivity index (χ2v) is 6.07. The van der Waals surface area contributed by atoms with E-state index in [0.29, 0.717) is 18.2 Å². The van der Waals surface area contributed by atoms with E-state index in [1.807, 2.05) is 28.9 Å². The summed E-state index contributed by atoms with van der Waals surface area (Å²) in [4.78, 5) is 0. The van der Waals surface area contributed by atoms with Crippen molar-refractivity contribution < 1.29 is 9.47 Å². The molecule has 2 aromatic rings. The van der Waals surface area contributed by atoms with Gasteiger partial charge in [-0.1, -0.05) is 23.7 Å². The first-order valence-electron chi connectivity index (χ1n) is 7.29. The molecule has 0 bridgehead atoms. The summed E-state index contributed by atoms with van der Waals surface area (Å²) in [6, 6.07) is 7.79. The van der Waals surface area contributed by atoms with E-state index in [0.717, 1.165) is 36.3 Å². The van der Waals surface area contributed by atoms with Crippen molar-refractivity contribution in [2.75, 3.05) is 13.2 Å². The largest absolute Gasteiger partial charge is 0.347 e. The van der Waals surface area contributed by atoms with Crippen LogP contribution >= 0.6 is 11.6 Å². The molecule has 0 amide bonds. The Morgan fingerprint density at radius 3 is 2.76 bits per heavy atom. The molecule has 4 nitrogen and oxygen atoms in total. The highest BCUT2D eigenvalue weighted by atomic mass is 35.5. The molecular formula is C16H17ClN2O2. The van der Waals surface area contributed by atoms with Crippen LogP contribution in [0.3, 0.4) is 0 Å². The van der Waals surface area contributed by atoms with Gasteiger partial charge >= 0.3 is 0 Å². The molecule has 1 spiro atoms. The summed E-state index contributed by atoms with van der Waals surface area (Å²) in [6.07, 6.45) is 2.53. The fraction of sp³-hybridized carbons (Fsp3) is 0.438. The van der Waals surface area contributed by atoms with Crippen molar-refractivity contribution in [3.63, 3.8) is 0 Å². The third kappa shape index (κ3) is 2.09. The van der Waals surface area contributed by atoms with E-state index < -0.39 is 5.79 Å². The maximum Gasteiger partial charge on any atom is 0.172 e. The molecule has 0 saturated carbocycles. The van der Waals surface area contributed by atoms with E-state index in [2.05, 4.69) is 6.92 Å². The lowest BCUT2D eigenvalue weighted by atomic mass is 9.90. The van der Waals surface area contributed by atoms with E-state index in [-0.39, 0.29) is 0 Å². The summed E-state index contributed by atoms with van der Waals surface area (Å²) in [6.45, 7) is 3.46. The molecule has 0 radical (unpaired) electrons. The number of rotatable bonds is 1. The van der Waals surface area contributed by atoms with E-state index >= 15 is 0 Å². The van der Waals surface area contributed by atoms with Gasteiger partial charge < -0.3 is 9.47 Å². The Balaban J connectivity index is 1.77. The van der Waals surface area contributed by atoms with Gasteiger partial charge in [0.1, 0.15) is 0 Å². The van der Waals surface area contributed by atoms with Gasteiger partial charge in [-0.05, 0) is 25.5 Å². The van der Waals surface area contributed by atoms with Crippen LogP contribution in [-0.4, -0.2) is 28.8 Å². The average molecular weight is 305 g/mol. The summed E-state index contributed by atoms with van der Waals surface area (Å²) in [5.74, 6) is -0.424. The molecule has 4 rings (SSSR count). The zero-order valence-corrected chi connectivity index (χ0v) is 12.7.